The van der Waals surface area contributed by atoms with Gasteiger partial charge in [0.1, 0.15) is 5.15 Å². The Morgan fingerprint density at radius 3 is 2.86 bits per heavy atom. The summed E-state index contributed by atoms with van der Waals surface area (Å²) in [6.45, 7) is 5.67. The van der Waals surface area contributed by atoms with Crippen LogP contribution in [0.2, 0.25) is 5.15 Å². The first-order valence-electron chi connectivity index (χ1n) is 9.39. The molecule has 1 saturated heterocycles. The summed E-state index contributed by atoms with van der Waals surface area (Å²) in [7, 11) is 0. The molecule has 2 N–H and O–H groups in total. The average molecular weight is 413 g/mol. The van der Waals surface area contributed by atoms with E-state index in [9.17, 15) is 9.59 Å². The molecule has 2 aromatic heterocycles. The smallest absolute Gasteiger partial charge is 0.258 e. The number of pyridine rings is 2. The van der Waals surface area contributed by atoms with Crippen molar-refractivity contribution in [1.29, 1.82) is 0 Å². The van der Waals surface area contributed by atoms with Crippen LogP contribution in [-0.4, -0.2) is 47.1 Å². The highest BCUT2D eigenvalue weighted by Crippen LogP contribution is 2.22. The molecule has 29 heavy (non-hydrogen) atoms. The minimum absolute atomic E-state index is 0.151. The lowest BCUT2D eigenvalue weighted by molar-refractivity contribution is 0.0341. The lowest BCUT2D eigenvalue weighted by atomic mass is 10.1. The first-order chi connectivity index (χ1) is 14.0. The Kier molecular flexibility index (Phi) is 5.62. The van der Waals surface area contributed by atoms with E-state index < -0.39 is 0 Å². The van der Waals surface area contributed by atoms with Crippen LogP contribution in [0.25, 0.3) is 10.9 Å². The second-order valence-corrected chi connectivity index (χ2v) is 7.46. The number of morpholine rings is 1. The van der Waals surface area contributed by atoms with Gasteiger partial charge in [0, 0.05) is 48.5 Å². The molecular weight excluding hydrogens is 392 g/mol. The van der Waals surface area contributed by atoms with Gasteiger partial charge in [0.2, 0.25) is 5.56 Å². The summed E-state index contributed by atoms with van der Waals surface area (Å²) < 4.78 is 5.37. The van der Waals surface area contributed by atoms with Gasteiger partial charge < -0.3 is 15.0 Å². The molecule has 4 rings (SSSR count). The van der Waals surface area contributed by atoms with Crippen molar-refractivity contribution in [3.63, 3.8) is 0 Å². The molecule has 0 saturated carbocycles. The van der Waals surface area contributed by atoms with Crippen molar-refractivity contribution in [3.05, 3.63) is 68.7 Å². The molecule has 0 aliphatic carbocycles. The number of anilines is 1. The zero-order chi connectivity index (χ0) is 20.4. The van der Waals surface area contributed by atoms with Gasteiger partial charge in [-0.05, 0) is 42.3 Å². The predicted octanol–water partition coefficient (Wildman–Crippen LogP) is 2.97. The Balaban J connectivity index is 1.55. The molecule has 1 fully saturated rings. The molecule has 0 atom stereocenters. The summed E-state index contributed by atoms with van der Waals surface area (Å²) in [5.74, 6) is -0.326. The number of hydrogen-bond donors (Lipinski definition) is 2. The molecular formula is C21H21ClN4O3. The number of hydrogen-bond acceptors (Lipinski definition) is 5. The van der Waals surface area contributed by atoms with E-state index in [0.29, 0.717) is 31.0 Å². The number of halogens is 1. The molecule has 7 nitrogen and oxygen atoms in total. The number of H-pyrrole nitrogens is 1. The summed E-state index contributed by atoms with van der Waals surface area (Å²) in [4.78, 5) is 33.7. The van der Waals surface area contributed by atoms with Crippen molar-refractivity contribution in [2.24, 2.45) is 0 Å². The van der Waals surface area contributed by atoms with Crippen molar-refractivity contribution < 1.29 is 9.53 Å². The Hall–Kier alpha value is -2.74. The Morgan fingerprint density at radius 2 is 2.07 bits per heavy atom. The number of ether oxygens (including phenoxy) is 1. The molecule has 3 heterocycles. The quantitative estimate of drug-likeness (QED) is 0.643. The van der Waals surface area contributed by atoms with Gasteiger partial charge in [-0.3, -0.25) is 14.5 Å². The lowest BCUT2D eigenvalue weighted by Gasteiger charge is -2.26. The van der Waals surface area contributed by atoms with Crippen LogP contribution in [0.5, 0.6) is 0 Å². The molecule has 3 aromatic rings. The highest BCUT2D eigenvalue weighted by Gasteiger charge is 2.16. The van der Waals surface area contributed by atoms with Crippen LogP contribution in [0.4, 0.5) is 5.69 Å². The van der Waals surface area contributed by atoms with Crippen LogP contribution in [0.15, 0.2) is 41.3 Å². The van der Waals surface area contributed by atoms with E-state index in [1.807, 2.05) is 13.0 Å². The van der Waals surface area contributed by atoms with E-state index in [2.05, 4.69) is 20.2 Å². The number of rotatable bonds is 4. The van der Waals surface area contributed by atoms with Crippen LogP contribution in [0.1, 0.15) is 21.5 Å². The van der Waals surface area contributed by atoms with Crippen LogP contribution in [0, 0.1) is 6.92 Å². The van der Waals surface area contributed by atoms with Crippen molar-refractivity contribution >= 4 is 34.1 Å². The van der Waals surface area contributed by atoms with Crippen LogP contribution in [0.3, 0.4) is 0 Å². The molecule has 150 valence electrons. The number of nitrogens with one attached hydrogen (secondary N) is 2. The van der Waals surface area contributed by atoms with Gasteiger partial charge in [-0.1, -0.05) is 11.6 Å². The fourth-order valence-electron chi connectivity index (χ4n) is 3.45. The third kappa shape index (κ3) is 4.48. The number of benzene rings is 1. The topological polar surface area (TPSA) is 87.3 Å². The monoisotopic (exact) mass is 412 g/mol. The molecule has 0 spiro atoms. The highest BCUT2D eigenvalue weighted by atomic mass is 35.5. The van der Waals surface area contributed by atoms with Crippen molar-refractivity contribution in [2.45, 2.75) is 13.5 Å². The van der Waals surface area contributed by atoms with Crippen molar-refractivity contribution in [3.8, 4) is 0 Å². The Labute approximate surface area is 172 Å². The SMILES string of the molecule is Cc1cc(=O)[nH]c2ccc(NC(=O)c3cc(CN4CCOCC4)cnc3Cl)cc12. The number of carbonyl (C=O) groups excluding carboxylic acids is 1. The minimum atomic E-state index is -0.326. The number of amides is 1. The number of aromatic nitrogens is 2. The minimum Gasteiger partial charge on any atom is -0.379 e. The average Bonchev–Trinajstić information content (AvgIpc) is 2.70. The summed E-state index contributed by atoms with van der Waals surface area (Å²) >= 11 is 6.19. The second-order valence-electron chi connectivity index (χ2n) is 7.10. The highest BCUT2D eigenvalue weighted by molar-refractivity contribution is 6.33. The summed E-state index contributed by atoms with van der Waals surface area (Å²) in [5, 5.41) is 3.90. The molecule has 1 aliphatic rings. The first-order valence-corrected chi connectivity index (χ1v) is 9.77. The molecule has 8 heteroatoms. The van der Waals surface area contributed by atoms with E-state index in [1.165, 1.54) is 6.07 Å². The van der Waals surface area contributed by atoms with Crippen LogP contribution in [-0.2, 0) is 11.3 Å². The van der Waals surface area contributed by atoms with Gasteiger partial charge in [0.05, 0.1) is 18.8 Å². The van der Waals surface area contributed by atoms with Gasteiger partial charge in [0.25, 0.3) is 5.91 Å². The molecule has 1 aromatic carbocycles. The maximum Gasteiger partial charge on any atom is 0.258 e. The zero-order valence-electron chi connectivity index (χ0n) is 16.0. The summed E-state index contributed by atoms with van der Waals surface area (Å²) in [5.41, 5.74) is 3.28. The summed E-state index contributed by atoms with van der Waals surface area (Å²) in [6.07, 6.45) is 1.70. The largest absolute Gasteiger partial charge is 0.379 e. The summed E-state index contributed by atoms with van der Waals surface area (Å²) in [6, 6.07) is 8.66. The number of carbonyl (C=O) groups is 1. The Bertz CT molecular complexity index is 1120. The second kappa shape index (κ2) is 8.32. The normalized spacial score (nSPS) is 14.8. The van der Waals surface area contributed by atoms with E-state index in [4.69, 9.17) is 16.3 Å². The van der Waals surface area contributed by atoms with Crippen LogP contribution < -0.4 is 10.9 Å². The van der Waals surface area contributed by atoms with Crippen molar-refractivity contribution in [1.82, 2.24) is 14.9 Å². The van der Waals surface area contributed by atoms with Gasteiger partial charge in [-0.25, -0.2) is 4.98 Å². The fourth-order valence-corrected chi connectivity index (χ4v) is 3.64. The van der Waals surface area contributed by atoms with E-state index in [-0.39, 0.29) is 16.6 Å². The molecule has 0 bridgehead atoms. The number of nitrogens with zero attached hydrogens (tertiary/aromatic N) is 2. The predicted molar refractivity (Wildman–Crippen MR) is 113 cm³/mol. The van der Waals surface area contributed by atoms with E-state index in [0.717, 1.165) is 35.1 Å². The molecule has 1 amide bonds. The maximum atomic E-state index is 12.8. The number of aryl methyl sites for hydroxylation is 1. The standard InChI is InChI=1S/C21H21ClN4O3/c1-13-8-19(27)25-18-3-2-15(10-16(13)18)24-21(28)17-9-14(11-23-20(17)22)12-26-4-6-29-7-5-26/h2-3,8-11H,4-7,12H2,1H3,(H,24,28)(H,25,27). The van der Waals surface area contributed by atoms with E-state index >= 15 is 0 Å². The Morgan fingerprint density at radius 1 is 1.28 bits per heavy atom. The molecule has 0 radical (unpaired) electrons. The third-order valence-electron chi connectivity index (χ3n) is 4.96. The third-order valence-corrected chi connectivity index (χ3v) is 5.26. The van der Waals surface area contributed by atoms with Crippen molar-refractivity contribution in [2.75, 3.05) is 31.6 Å². The van der Waals surface area contributed by atoms with Gasteiger partial charge >= 0.3 is 0 Å². The van der Waals surface area contributed by atoms with E-state index in [1.54, 1.807) is 24.4 Å². The van der Waals surface area contributed by atoms with Crippen LogP contribution >= 0.6 is 11.6 Å². The lowest BCUT2D eigenvalue weighted by Crippen LogP contribution is -2.35. The van der Waals surface area contributed by atoms with Gasteiger partial charge in [0.15, 0.2) is 0 Å². The van der Waals surface area contributed by atoms with Gasteiger partial charge in [-0.2, -0.15) is 0 Å². The zero-order valence-corrected chi connectivity index (χ0v) is 16.8. The molecule has 0 unspecified atom stereocenters. The molecule has 1 aliphatic heterocycles. The fraction of sp³-hybridized carbons (Fsp3) is 0.286. The van der Waals surface area contributed by atoms with Gasteiger partial charge in [-0.15, -0.1) is 0 Å². The first kappa shape index (κ1) is 19.6. The number of fused-ring (bicyclic) bond motifs is 1. The maximum absolute atomic E-state index is 12.8. The number of aromatic amines is 1.